The summed E-state index contributed by atoms with van der Waals surface area (Å²) in [6, 6.07) is 8.71. The van der Waals surface area contributed by atoms with Crippen molar-refractivity contribution in [2.45, 2.75) is 11.0 Å². The van der Waals surface area contributed by atoms with Crippen LogP contribution in [0.3, 0.4) is 0 Å². The molecule has 122 valence electrons. The van der Waals surface area contributed by atoms with Gasteiger partial charge in [-0.3, -0.25) is 4.98 Å². The molecule has 1 saturated heterocycles. The summed E-state index contributed by atoms with van der Waals surface area (Å²) in [6.45, 7) is 0.881. The van der Waals surface area contributed by atoms with Gasteiger partial charge < -0.3 is 10.1 Å². The van der Waals surface area contributed by atoms with Crippen LogP contribution in [0.2, 0.25) is 0 Å². The average molecular weight is 334 g/mol. The van der Waals surface area contributed by atoms with Gasteiger partial charge in [-0.25, -0.2) is 13.4 Å². The van der Waals surface area contributed by atoms with E-state index < -0.39 is 10.0 Å². The Morgan fingerprint density at radius 3 is 2.91 bits per heavy atom. The first kappa shape index (κ1) is 15.9. The highest BCUT2D eigenvalue weighted by Crippen LogP contribution is 2.25. The van der Waals surface area contributed by atoms with E-state index in [1.54, 1.807) is 25.4 Å². The molecule has 0 aliphatic carbocycles. The Bertz CT molecular complexity index is 767. The van der Waals surface area contributed by atoms with Crippen LogP contribution in [-0.2, 0) is 14.8 Å². The maximum absolute atomic E-state index is 12.7. The smallest absolute Gasteiger partial charge is 0.244 e. The molecule has 3 rings (SSSR count). The van der Waals surface area contributed by atoms with Crippen LogP contribution < -0.4 is 5.32 Å². The molecule has 1 aliphatic rings. The lowest BCUT2D eigenvalue weighted by molar-refractivity contribution is -0.00486. The van der Waals surface area contributed by atoms with Crippen LogP contribution in [0.4, 0.5) is 5.82 Å². The molecule has 0 aromatic carbocycles. The summed E-state index contributed by atoms with van der Waals surface area (Å²) >= 11 is 0. The lowest BCUT2D eigenvalue weighted by Crippen LogP contribution is -2.42. The maximum Gasteiger partial charge on any atom is 0.244 e. The van der Waals surface area contributed by atoms with Crippen LogP contribution in [0.25, 0.3) is 0 Å². The van der Waals surface area contributed by atoms with Crippen molar-refractivity contribution in [2.24, 2.45) is 0 Å². The summed E-state index contributed by atoms with van der Waals surface area (Å²) in [5.41, 5.74) is 0.711. The van der Waals surface area contributed by atoms with Crippen LogP contribution >= 0.6 is 0 Å². The molecule has 2 aromatic heterocycles. The van der Waals surface area contributed by atoms with Gasteiger partial charge in [-0.2, -0.15) is 4.31 Å². The Kier molecular flexibility index (Phi) is 4.56. The molecule has 1 fully saturated rings. The number of sulfonamides is 1. The molecule has 1 unspecified atom stereocenters. The summed E-state index contributed by atoms with van der Waals surface area (Å²) in [6.07, 6.45) is 2.53. The van der Waals surface area contributed by atoms with Gasteiger partial charge in [0.25, 0.3) is 0 Å². The number of hydrogen-bond acceptors (Lipinski definition) is 6. The van der Waals surface area contributed by atoms with Gasteiger partial charge in [0.05, 0.1) is 12.3 Å². The van der Waals surface area contributed by atoms with E-state index in [4.69, 9.17) is 4.74 Å². The van der Waals surface area contributed by atoms with E-state index >= 15 is 0 Å². The highest BCUT2D eigenvalue weighted by molar-refractivity contribution is 7.89. The Balaban J connectivity index is 1.83. The van der Waals surface area contributed by atoms with E-state index in [1.165, 1.54) is 10.5 Å². The minimum atomic E-state index is -3.57. The largest absolute Gasteiger partial charge is 0.373 e. The van der Waals surface area contributed by atoms with E-state index in [0.29, 0.717) is 18.8 Å². The summed E-state index contributed by atoms with van der Waals surface area (Å²) in [5.74, 6) is 0.721. The van der Waals surface area contributed by atoms with Crippen LogP contribution in [0, 0.1) is 0 Å². The molecule has 1 aliphatic heterocycles. The van der Waals surface area contributed by atoms with E-state index in [1.807, 2.05) is 18.2 Å². The predicted octanol–water partition coefficient (Wildman–Crippen LogP) is 1.28. The minimum absolute atomic E-state index is 0.192. The van der Waals surface area contributed by atoms with Gasteiger partial charge in [0, 0.05) is 32.5 Å². The lowest BCUT2D eigenvalue weighted by atomic mass is 10.2. The first-order chi connectivity index (χ1) is 11.1. The predicted molar refractivity (Wildman–Crippen MR) is 85.5 cm³/mol. The molecule has 8 heteroatoms. The van der Waals surface area contributed by atoms with Crippen molar-refractivity contribution in [1.82, 2.24) is 14.3 Å². The Hall–Kier alpha value is -2.03. The summed E-state index contributed by atoms with van der Waals surface area (Å²) in [5, 5.41) is 2.97. The van der Waals surface area contributed by atoms with Gasteiger partial charge in [-0.05, 0) is 24.3 Å². The Morgan fingerprint density at radius 2 is 2.17 bits per heavy atom. The number of hydrogen-bond donors (Lipinski definition) is 1. The standard InChI is InChI=1S/C15H18N4O3S/c1-16-15-6-2-5-13(18-15)14-11-19(8-9-22-14)23(20,21)12-4-3-7-17-10-12/h2-7,10,14H,8-9,11H2,1H3,(H,16,18). The monoisotopic (exact) mass is 334 g/mol. The fraction of sp³-hybridized carbons (Fsp3) is 0.333. The second kappa shape index (κ2) is 6.61. The van der Waals surface area contributed by atoms with E-state index in [9.17, 15) is 8.42 Å². The summed E-state index contributed by atoms with van der Waals surface area (Å²) in [4.78, 5) is 8.51. The number of nitrogens with one attached hydrogen (secondary N) is 1. The number of ether oxygens (including phenoxy) is 1. The molecule has 0 radical (unpaired) electrons. The van der Waals surface area contributed by atoms with Crippen molar-refractivity contribution < 1.29 is 13.2 Å². The van der Waals surface area contributed by atoms with E-state index in [-0.39, 0.29) is 17.5 Å². The van der Waals surface area contributed by atoms with Gasteiger partial charge in [-0.15, -0.1) is 0 Å². The lowest BCUT2D eigenvalue weighted by Gasteiger charge is -2.31. The van der Waals surface area contributed by atoms with Gasteiger partial charge in [0.1, 0.15) is 16.8 Å². The van der Waals surface area contributed by atoms with Crippen LogP contribution in [0.15, 0.2) is 47.6 Å². The second-order valence-electron chi connectivity index (χ2n) is 5.11. The summed E-state index contributed by atoms with van der Waals surface area (Å²) < 4.78 is 32.5. The number of anilines is 1. The number of morpholine rings is 1. The van der Waals surface area contributed by atoms with Gasteiger partial charge in [-0.1, -0.05) is 6.07 Å². The molecule has 0 spiro atoms. The highest BCUT2D eigenvalue weighted by Gasteiger charge is 2.32. The number of pyridine rings is 2. The van der Waals surface area contributed by atoms with Gasteiger partial charge in [0.2, 0.25) is 10.0 Å². The zero-order chi connectivity index (χ0) is 16.3. The quantitative estimate of drug-likeness (QED) is 0.907. The fourth-order valence-corrected chi connectivity index (χ4v) is 3.83. The molecular formula is C15H18N4O3S. The van der Waals surface area contributed by atoms with Crippen molar-refractivity contribution in [3.05, 3.63) is 48.4 Å². The van der Waals surface area contributed by atoms with Crippen molar-refractivity contribution in [3.63, 3.8) is 0 Å². The maximum atomic E-state index is 12.7. The molecule has 2 aromatic rings. The van der Waals surface area contributed by atoms with Crippen molar-refractivity contribution in [2.75, 3.05) is 32.1 Å². The third kappa shape index (κ3) is 3.34. The van der Waals surface area contributed by atoms with Crippen molar-refractivity contribution in [1.29, 1.82) is 0 Å². The molecule has 1 atom stereocenters. The number of rotatable bonds is 4. The molecule has 0 saturated carbocycles. The molecular weight excluding hydrogens is 316 g/mol. The number of nitrogens with zero attached hydrogens (tertiary/aromatic N) is 3. The zero-order valence-electron chi connectivity index (χ0n) is 12.7. The third-order valence-electron chi connectivity index (χ3n) is 3.66. The summed E-state index contributed by atoms with van der Waals surface area (Å²) in [7, 11) is -1.79. The molecule has 1 N–H and O–H groups in total. The normalized spacial score (nSPS) is 19.4. The second-order valence-corrected chi connectivity index (χ2v) is 7.05. The third-order valence-corrected chi connectivity index (χ3v) is 5.51. The van der Waals surface area contributed by atoms with Crippen molar-refractivity contribution in [3.8, 4) is 0 Å². The first-order valence-corrected chi connectivity index (χ1v) is 8.72. The molecule has 23 heavy (non-hydrogen) atoms. The van der Waals surface area contributed by atoms with E-state index in [0.717, 1.165) is 5.82 Å². The molecule has 7 nitrogen and oxygen atoms in total. The van der Waals surface area contributed by atoms with Crippen LogP contribution in [-0.4, -0.2) is 49.4 Å². The minimum Gasteiger partial charge on any atom is -0.373 e. The van der Waals surface area contributed by atoms with Crippen LogP contribution in [0.1, 0.15) is 11.8 Å². The Labute approximate surface area is 135 Å². The van der Waals surface area contributed by atoms with Gasteiger partial charge in [0.15, 0.2) is 0 Å². The first-order valence-electron chi connectivity index (χ1n) is 7.28. The Morgan fingerprint density at radius 1 is 1.30 bits per heavy atom. The molecule has 0 amide bonds. The number of aromatic nitrogens is 2. The topological polar surface area (TPSA) is 84.4 Å². The average Bonchev–Trinajstić information content (AvgIpc) is 2.62. The zero-order valence-corrected chi connectivity index (χ0v) is 13.5. The van der Waals surface area contributed by atoms with E-state index in [2.05, 4.69) is 15.3 Å². The highest BCUT2D eigenvalue weighted by atomic mass is 32.2. The molecule has 0 bridgehead atoms. The fourth-order valence-electron chi connectivity index (χ4n) is 2.44. The van der Waals surface area contributed by atoms with Gasteiger partial charge >= 0.3 is 0 Å². The SMILES string of the molecule is CNc1cccc(C2CN(S(=O)(=O)c3cccnc3)CCO2)n1. The molecule has 3 heterocycles. The van der Waals surface area contributed by atoms with Crippen molar-refractivity contribution >= 4 is 15.8 Å². The van der Waals surface area contributed by atoms with Crippen LogP contribution in [0.5, 0.6) is 0 Å².